The molecular formula is C14H19N3. The molecule has 3 nitrogen and oxygen atoms in total. The molecule has 0 unspecified atom stereocenters. The van der Waals surface area contributed by atoms with Crippen LogP contribution < -0.4 is 5.32 Å². The molecule has 0 spiro atoms. The molecule has 1 N–H and O–H groups in total. The van der Waals surface area contributed by atoms with E-state index in [0.29, 0.717) is 0 Å². The Kier molecular flexibility index (Phi) is 2.63. The van der Waals surface area contributed by atoms with Crippen molar-refractivity contribution < 1.29 is 0 Å². The molecule has 3 rings (SSSR count). The van der Waals surface area contributed by atoms with E-state index >= 15 is 0 Å². The highest BCUT2D eigenvalue weighted by Gasteiger charge is 2.20. The van der Waals surface area contributed by atoms with Gasteiger partial charge in [-0.2, -0.15) is 0 Å². The molecular weight excluding hydrogens is 210 g/mol. The summed E-state index contributed by atoms with van der Waals surface area (Å²) >= 11 is 0. The maximum absolute atomic E-state index is 4.69. The van der Waals surface area contributed by atoms with Gasteiger partial charge in [0.05, 0.1) is 17.6 Å². The van der Waals surface area contributed by atoms with Crippen LogP contribution in [0.15, 0.2) is 18.2 Å². The summed E-state index contributed by atoms with van der Waals surface area (Å²) in [7, 11) is 2.10. The van der Waals surface area contributed by atoms with Gasteiger partial charge in [-0.05, 0) is 49.9 Å². The molecule has 1 aliphatic carbocycles. The van der Waals surface area contributed by atoms with Crippen LogP contribution in [-0.4, -0.2) is 16.1 Å². The highest BCUT2D eigenvalue weighted by molar-refractivity contribution is 5.76. The van der Waals surface area contributed by atoms with Crippen LogP contribution in [0.25, 0.3) is 11.0 Å². The number of fused-ring (bicyclic) bond motifs is 1. The van der Waals surface area contributed by atoms with Crippen LogP contribution in [0, 0.1) is 12.8 Å². The van der Waals surface area contributed by atoms with E-state index in [9.17, 15) is 0 Å². The van der Waals surface area contributed by atoms with E-state index in [2.05, 4.69) is 42.1 Å². The molecule has 0 bridgehead atoms. The Balaban J connectivity index is 1.80. The Morgan fingerprint density at radius 1 is 1.41 bits per heavy atom. The van der Waals surface area contributed by atoms with Crippen molar-refractivity contribution in [3.05, 3.63) is 29.6 Å². The second kappa shape index (κ2) is 4.15. The summed E-state index contributed by atoms with van der Waals surface area (Å²) < 4.78 is 2.19. The maximum atomic E-state index is 4.69. The van der Waals surface area contributed by atoms with Gasteiger partial charge in [-0.3, -0.25) is 0 Å². The van der Waals surface area contributed by atoms with Crippen molar-refractivity contribution in [1.29, 1.82) is 0 Å². The van der Waals surface area contributed by atoms with Crippen molar-refractivity contribution in [1.82, 2.24) is 14.9 Å². The average Bonchev–Trinajstić information content (AvgIpc) is 3.06. The molecule has 0 amide bonds. The molecule has 17 heavy (non-hydrogen) atoms. The summed E-state index contributed by atoms with van der Waals surface area (Å²) in [5.41, 5.74) is 3.60. The van der Waals surface area contributed by atoms with Crippen LogP contribution in [0.1, 0.15) is 24.2 Å². The number of aromatic nitrogens is 2. The fourth-order valence-corrected chi connectivity index (χ4v) is 2.23. The van der Waals surface area contributed by atoms with Crippen molar-refractivity contribution >= 4 is 11.0 Å². The van der Waals surface area contributed by atoms with Gasteiger partial charge >= 0.3 is 0 Å². The number of nitrogens with one attached hydrogen (secondary N) is 1. The van der Waals surface area contributed by atoms with E-state index in [1.54, 1.807) is 0 Å². The molecule has 1 saturated carbocycles. The summed E-state index contributed by atoms with van der Waals surface area (Å²) in [6.45, 7) is 4.13. The van der Waals surface area contributed by atoms with E-state index in [0.717, 1.165) is 30.3 Å². The molecule has 0 aliphatic heterocycles. The van der Waals surface area contributed by atoms with Gasteiger partial charge in [0.25, 0.3) is 0 Å². The summed E-state index contributed by atoms with van der Waals surface area (Å²) in [5, 5.41) is 3.50. The minimum atomic E-state index is 0.876. The number of hydrogen-bond donors (Lipinski definition) is 1. The number of aryl methyl sites for hydroxylation is 2. The third-order valence-corrected chi connectivity index (χ3v) is 3.54. The van der Waals surface area contributed by atoms with Crippen LogP contribution in [0.4, 0.5) is 0 Å². The lowest BCUT2D eigenvalue weighted by Crippen LogP contribution is -2.18. The number of benzene rings is 1. The molecule has 0 saturated heterocycles. The van der Waals surface area contributed by atoms with Crippen molar-refractivity contribution in [2.75, 3.05) is 6.54 Å². The summed E-state index contributed by atoms with van der Waals surface area (Å²) in [4.78, 5) is 4.69. The third kappa shape index (κ3) is 2.20. The predicted molar refractivity (Wildman–Crippen MR) is 69.9 cm³/mol. The highest BCUT2D eigenvalue weighted by Crippen LogP contribution is 2.27. The zero-order valence-electron chi connectivity index (χ0n) is 10.5. The predicted octanol–water partition coefficient (Wildman–Crippen LogP) is 2.38. The second-order valence-corrected chi connectivity index (χ2v) is 5.15. The van der Waals surface area contributed by atoms with Gasteiger partial charge in [0.15, 0.2) is 0 Å². The molecule has 0 atom stereocenters. The Morgan fingerprint density at radius 2 is 2.24 bits per heavy atom. The Hall–Kier alpha value is -1.35. The number of hydrogen-bond acceptors (Lipinski definition) is 2. The van der Waals surface area contributed by atoms with E-state index in [1.165, 1.54) is 23.9 Å². The SMILES string of the molecule is Cc1ccc2c(c1)nc(CNCC1CC1)n2C. The molecule has 1 heterocycles. The van der Waals surface area contributed by atoms with Crippen LogP contribution in [0.2, 0.25) is 0 Å². The molecule has 90 valence electrons. The minimum Gasteiger partial charge on any atom is -0.330 e. The van der Waals surface area contributed by atoms with Gasteiger partial charge in [0, 0.05) is 7.05 Å². The molecule has 1 aliphatic rings. The van der Waals surface area contributed by atoms with Gasteiger partial charge in [-0.1, -0.05) is 6.07 Å². The standard InChI is InChI=1S/C14H19N3/c1-10-3-6-13-12(7-10)16-14(17(13)2)9-15-8-11-4-5-11/h3,6-7,11,15H,4-5,8-9H2,1-2H3. The summed E-state index contributed by atoms with van der Waals surface area (Å²) in [6, 6.07) is 6.45. The lowest BCUT2D eigenvalue weighted by molar-refractivity contribution is 0.607. The topological polar surface area (TPSA) is 29.9 Å². The van der Waals surface area contributed by atoms with Crippen molar-refractivity contribution in [3.8, 4) is 0 Å². The molecule has 1 fully saturated rings. The highest BCUT2D eigenvalue weighted by atomic mass is 15.1. The van der Waals surface area contributed by atoms with Crippen molar-refractivity contribution in [2.24, 2.45) is 13.0 Å². The van der Waals surface area contributed by atoms with Crippen LogP contribution in [0.5, 0.6) is 0 Å². The van der Waals surface area contributed by atoms with Crippen molar-refractivity contribution in [3.63, 3.8) is 0 Å². The first-order chi connectivity index (χ1) is 8.24. The summed E-state index contributed by atoms with van der Waals surface area (Å²) in [5.74, 6) is 2.05. The fraction of sp³-hybridized carbons (Fsp3) is 0.500. The Labute approximate surface area is 102 Å². The van der Waals surface area contributed by atoms with Gasteiger partial charge < -0.3 is 9.88 Å². The smallest absolute Gasteiger partial charge is 0.123 e. The molecule has 2 aromatic rings. The normalized spacial score (nSPS) is 15.6. The third-order valence-electron chi connectivity index (χ3n) is 3.54. The van der Waals surface area contributed by atoms with Crippen LogP contribution >= 0.6 is 0 Å². The molecule has 0 radical (unpaired) electrons. The first-order valence-corrected chi connectivity index (χ1v) is 6.37. The van der Waals surface area contributed by atoms with Gasteiger partial charge in [0.1, 0.15) is 5.82 Å². The monoisotopic (exact) mass is 229 g/mol. The number of imidazole rings is 1. The number of rotatable bonds is 4. The van der Waals surface area contributed by atoms with Crippen molar-refractivity contribution in [2.45, 2.75) is 26.3 Å². The van der Waals surface area contributed by atoms with E-state index < -0.39 is 0 Å². The second-order valence-electron chi connectivity index (χ2n) is 5.15. The van der Waals surface area contributed by atoms with Crippen LogP contribution in [0.3, 0.4) is 0 Å². The van der Waals surface area contributed by atoms with Gasteiger partial charge in [-0.15, -0.1) is 0 Å². The van der Waals surface area contributed by atoms with Gasteiger partial charge in [0.2, 0.25) is 0 Å². The summed E-state index contributed by atoms with van der Waals surface area (Å²) in [6.07, 6.45) is 2.80. The first-order valence-electron chi connectivity index (χ1n) is 6.37. The molecule has 3 heteroatoms. The average molecular weight is 229 g/mol. The zero-order valence-corrected chi connectivity index (χ0v) is 10.5. The maximum Gasteiger partial charge on any atom is 0.123 e. The first kappa shape index (κ1) is 10.8. The largest absolute Gasteiger partial charge is 0.330 e. The van der Waals surface area contributed by atoms with E-state index in [1.807, 2.05) is 0 Å². The molecule has 1 aromatic heterocycles. The lowest BCUT2D eigenvalue weighted by Gasteiger charge is -2.03. The quantitative estimate of drug-likeness (QED) is 0.872. The Bertz CT molecular complexity index is 538. The van der Waals surface area contributed by atoms with Gasteiger partial charge in [-0.25, -0.2) is 4.98 Å². The Morgan fingerprint density at radius 3 is 3.00 bits per heavy atom. The number of nitrogens with zero attached hydrogens (tertiary/aromatic N) is 2. The van der Waals surface area contributed by atoms with E-state index in [4.69, 9.17) is 4.98 Å². The minimum absolute atomic E-state index is 0.876. The fourth-order valence-electron chi connectivity index (χ4n) is 2.23. The molecule has 1 aromatic carbocycles. The van der Waals surface area contributed by atoms with E-state index in [-0.39, 0.29) is 0 Å². The lowest BCUT2D eigenvalue weighted by atomic mass is 10.2. The zero-order chi connectivity index (χ0) is 11.8. The van der Waals surface area contributed by atoms with Crippen LogP contribution in [-0.2, 0) is 13.6 Å².